The van der Waals surface area contributed by atoms with Crippen LogP contribution in [-0.2, 0) is 4.79 Å². The third kappa shape index (κ3) is 9.64. The zero-order chi connectivity index (χ0) is 14.2. The fourth-order valence-corrected chi connectivity index (χ4v) is 0.668. The zero-order valence-electron chi connectivity index (χ0n) is 8.82. The van der Waals surface area contributed by atoms with Crippen LogP contribution in [0.4, 0.5) is 0 Å². The van der Waals surface area contributed by atoms with Crippen molar-refractivity contribution in [3.8, 4) is 0 Å². The lowest BCUT2D eigenvalue weighted by molar-refractivity contribution is -0.742. The molecule has 0 saturated carbocycles. The predicted molar refractivity (Wildman–Crippen MR) is 51.1 cm³/mol. The Morgan fingerprint density at radius 3 is 1.72 bits per heavy atom. The number of hydrogen-bond donors (Lipinski definition) is 7. The number of rotatable bonds is 5. The fourth-order valence-electron chi connectivity index (χ4n) is 0.668. The smallest absolute Gasteiger partial charge is 0.335 e. The van der Waals surface area contributed by atoms with E-state index in [4.69, 9.17) is 46.0 Å². The van der Waals surface area contributed by atoms with Crippen LogP contribution in [0.25, 0.3) is 0 Å². The molecule has 4 atom stereocenters. The maximum Gasteiger partial charge on any atom is 0.335 e. The van der Waals surface area contributed by atoms with Crippen LogP contribution in [0.2, 0.25) is 0 Å². The molecule has 12 nitrogen and oxygen atoms in total. The van der Waals surface area contributed by atoms with E-state index >= 15 is 0 Å². The van der Waals surface area contributed by atoms with Crippen LogP contribution in [0.15, 0.2) is 0 Å². The van der Waals surface area contributed by atoms with Crippen molar-refractivity contribution < 1.29 is 51.2 Å². The fraction of sp³-hybridized carbons (Fsp3) is 0.833. The van der Waals surface area contributed by atoms with Gasteiger partial charge in [-0.1, -0.05) is 0 Å². The van der Waals surface area contributed by atoms with Crippen LogP contribution in [0.3, 0.4) is 0 Å². The Hall–Kier alpha value is -1.57. The number of aliphatic hydroxyl groups excluding tert-OH is 5. The SMILES string of the molecule is O.O=C(O)[C@H](O)[C@@H](O)[C@H](O)[C@H](O)CO.O=[N+]([O-])O. The highest BCUT2D eigenvalue weighted by atomic mass is 16.9. The van der Waals surface area contributed by atoms with Gasteiger partial charge in [0.1, 0.15) is 18.3 Å². The van der Waals surface area contributed by atoms with E-state index in [0.717, 1.165) is 0 Å². The highest BCUT2D eigenvalue weighted by molar-refractivity contribution is 5.72. The van der Waals surface area contributed by atoms with E-state index in [-0.39, 0.29) is 5.48 Å². The topological polar surface area (TPSA) is 233 Å². The van der Waals surface area contributed by atoms with Gasteiger partial charge in [-0.15, -0.1) is 10.1 Å². The first-order valence-corrected chi connectivity index (χ1v) is 4.04. The van der Waals surface area contributed by atoms with Gasteiger partial charge in [-0.2, -0.15) is 0 Å². The summed E-state index contributed by atoms with van der Waals surface area (Å²) in [5.41, 5.74) is 0. The molecular weight excluding hydrogens is 262 g/mol. The summed E-state index contributed by atoms with van der Waals surface area (Å²) in [5, 5.41) is 65.5. The number of aliphatic hydroxyl groups is 5. The molecule has 12 heteroatoms. The molecule has 0 unspecified atom stereocenters. The van der Waals surface area contributed by atoms with Crippen molar-refractivity contribution in [1.29, 1.82) is 0 Å². The van der Waals surface area contributed by atoms with Crippen molar-refractivity contribution in [1.82, 2.24) is 0 Å². The summed E-state index contributed by atoms with van der Waals surface area (Å²) in [6, 6.07) is 0. The normalized spacial score (nSPS) is 16.1. The molecular formula is C6H15NO11. The minimum absolute atomic E-state index is 0. The van der Waals surface area contributed by atoms with E-state index in [1.54, 1.807) is 0 Å². The first-order valence-electron chi connectivity index (χ1n) is 4.04. The van der Waals surface area contributed by atoms with Crippen LogP contribution >= 0.6 is 0 Å². The Labute approximate surface area is 99.4 Å². The molecule has 0 radical (unpaired) electrons. The maximum absolute atomic E-state index is 10.1. The van der Waals surface area contributed by atoms with Gasteiger partial charge in [-0.05, 0) is 0 Å². The number of carboxylic acids is 1. The molecule has 0 heterocycles. The van der Waals surface area contributed by atoms with E-state index in [0.29, 0.717) is 0 Å². The van der Waals surface area contributed by atoms with E-state index < -0.39 is 42.1 Å². The minimum atomic E-state index is -2.20. The Bertz CT molecular complexity index is 242. The zero-order valence-corrected chi connectivity index (χ0v) is 8.82. The molecule has 0 amide bonds. The second kappa shape index (κ2) is 10.6. The molecule has 0 fully saturated rings. The second-order valence-electron chi connectivity index (χ2n) is 2.75. The van der Waals surface area contributed by atoms with Crippen LogP contribution in [-0.4, -0.2) is 83.4 Å². The molecule has 0 aromatic carbocycles. The van der Waals surface area contributed by atoms with E-state index in [1.807, 2.05) is 0 Å². The molecule has 9 N–H and O–H groups in total. The summed E-state index contributed by atoms with van der Waals surface area (Å²) in [5.74, 6) is -1.73. The first kappa shape index (κ1) is 21.7. The Morgan fingerprint density at radius 1 is 1.17 bits per heavy atom. The summed E-state index contributed by atoms with van der Waals surface area (Å²) < 4.78 is 0. The van der Waals surface area contributed by atoms with Crippen LogP contribution in [0.1, 0.15) is 0 Å². The van der Waals surface area contributed by atoms with Crippen molar-refractivity contribution in [3.63, 3.8) is 0 Å². The average molecular weight is 277 g/mol. The second-order valence-corrected chi connectivity index (χ2v) is 2.75. The van der Waals surface area contributed by atoms with Gasteiger partial charge in [0.15, 0.2) is 6.10 Å². The number of carboxylic acid groups (broad SMARTS) is 1. The number of carbonyl (C=O) groups is 1. The average Bonchev–Trinajstić information content (AvgIpc) is 2.23. The van der Waals surface area contributed by atoms with E-state index in [2.05, 4.69) is 0 Å². The molecule has 0 saturated heterocycles. The molecule has 0 aliphatic carbocycles. The highest BCUT2D eigenvalue weighted by Gasteiger charge is 2.33. The minimum Gasteiger partial charge on any atom is -0.479 e. The summed E-state index contributed by atoms with van der Waals surface area (Å²) >= 11 is 0. The standard InChI is InChI=1S/C6H12O7.HNO3.H2O/c7-1-2(8)3(9)4(10)5(11)6(12)13;2-1(3)4;/h2-5,7-11H,1H2,(H,12,13);(H,2,3,4);1H2/t2-,3-,4+,5-;;/m1../s1. The lowest BCUT2D eigenvalue weighted by Crippen LogP contribution is -2.48. The third-order valence-corrected chi connectivity index (χ3v) is 1.51. The molecule has 110 valence electrons. The monoisotopic (exact) mass is 277 g/mol. The Morgan fingerprint density at radius 2 is 1.50 bits per heavy atom. The largest absolute Gasteiger partial charge is 0.479 e. The number of nitrogens with zero attached hydrogens (tertiary/aromatic N) is 1. The van der Waals surface area contributed by atoms with E-state index in [9.17, 15) is 4.79 Å². The molecule has 0 bridgehead atoms. The quantitative estimate of drug-likeness (QED) is 0.187. The Balaban J connectivity index is -0.000000392. The van der Waals surface area contributed by atoms with Gasteiger partial charge in [-0.3, -0.25) is 0 Å². The molecule has 0 rings (SSSR count). The summed E-state index contributed by atoms with van der Waals surface area (Å²) in [7, 11) is 0. The lowest BCUT2D eigenvalue weighted by Gasteiger charge is -2.23. The summed E-state index contributed by atoms with van der Waals surface area (Å²) in [4.78, 5) is 18.5. The maximum atomic E-state index is 10.1. The first-order chi connectivity index (χ1) is 7.64. The van der Waals surface area contributed by atoms with Crippen molar-refractivity contribution in [2.24, 2.45) is 0 Å². The van der Waals surface area contributed by atoms with Gasteiger partial charge >= 0.3 is 5.97 Å². The van der Waals surface area contributed by atoms with Gasteiger partial charge in [0.25, 0.3) is 5.09 Å². The van der Waals surface area contributed by atoms with Gasteiger partial charge < -0.3 is 41.3 Å². The lowest BCUT2D eigenvalue weighted by atomic mass is 10.0. The van der Waals surface area contributed by atoms with Crippen LogP contribution < -0.4 is 0 Å². The molecule has 18 heavy (non-hydrogen) atoms. The van der Waals surface area contributed by atoms with Crippen LogP contribution in [0.5, 0.6) is 0 Å². The summed E-state index contributed by atoms with van der Waals surface area (Å²) in [6.45, 7) is -0.843. The van der Waals surface area contributed by atoms with Crippen LogP contribution in [0, 0.1) is 10.1 Å². The van der Waals surface area contributed by atoms with Crippen molar-refractivity contribution in [2.45, 2.75) is 24.4 Å². The van der Waals surface area contributed by atoms with E-state index in [1.165, 1.54) is 0 Å². The molecule has 0 aliphatic heterocycles. The van der Waals surface area contributed by atoms with Crippen molar-refractivity contribution in [2.75, 3.05) is 6.61 Å². The molecule has 0 aromatic heterocycles. The number of hydrogen-bond acceptors (Lipinski definition) is 8. The van der Waals surface area contributed by atoms with Crippen molar-refractivity contribution in [3.05, 3.63) is 10.1 Å². The van der Waals surface area contributed by atoms with Gasteiger partial charge in [-0.25, -0.2) is 4.79 Å². The predicted octanol–water partition coefficient (Wildman–Crippen LogP) is -4.67. The van der Waals surface area contributed by atoms with Gasteiger partial charge in [0.05, 0.1) is 6.61 Å². The molecule has 0 aromatic rings. The Kier molecular flexibility index (Phi) is 12.7. The molecule has 0 aliphatic rings. The summed E-state index contributed by atoms with van der Waals surface area (Å²) in [6.07, 6.45) is -7.84. The molecule has 0 spiro atoms. The third-order valence-electron chi connectivity index (χ3n) is 1.51. The highest BCUT2D eigenvalue weighted by Crippen LogP contribution is 2.04. The van der Waals surface area contributed by atoms with Crippen molar-refractivity contribution >= 4 is 5.97 Å². The van der Waals surface area contributed by atoms with Gasteiger partial charge in [0.2, 0.25) is 0 Å². The number of aliphatic carboxylic acids is 1. The van der Waals surface area contributed by atoms with Gasteiger partial charge in [0, 0.05) is 0 Å².